The van der Waals surface area contributed by atoms with Crippen molar-refractivity contribution >= 4 is 11.2 Å². The van der Waals surface area contributed by atoms with Crippen molar-refractivity contribution in [1.29, 1.82) is 0 Å². The van der Waals surface area contributed by atoms with E-state index in [4.69, 9.17) is 4.74 Å². The number of hydrogen-bond acceptors (Lipinski definition) is 3. The Morgan fingerprint density at radius 3 is 2.63 bits per heavy atom. The number of rotatable bonds is 3. The topological polar surface area (TPSA) is 50.8 Å². The minimum atomic E-state index is -0.267. The summed E-state index contributed by atoms with van der Waals surface area (Å²) in [6, 6.07) is 9.82. The van der Waals surface area contributed by atoms with Gasteiger partial charge < -0.3 is 9.72 Å². The third-order valence-electron chi connectivity index (χ3n) is 2.73. The van der Waals surface area contributed by atoms with E-state index in [0.717, 1.165) is 11.1 Å². The van der Waals surface area contributed by atoms with Crippen molar-refractivity contribution in [2.24, 2.45) is 0 Å². The molecule has 3 rings (SSSR count). The van der Waals surface area contributed by atoms with Crippen molar-refractivity contribution in [2.75, 3.05) is 6.61 Å². The standard InChI is InChI=1S/C14H12FN3O/c1-2-19-12-8-7-11-14(17-12)18-13(16-11)9-3-5-10(15)6-4-9/h3-8H,2H2,1H3,(H,16,17,18). The van der Waals surface area contributed by atoms with Gasteiger partial charge in [-0.1, -0.05) is 0 Å². The SMILES string of the molecule is CCOc1ccc2[nH]c(-c3ccc(F)cc3)nc2n1. The van der Waals surface area contributed by atoms with Crippen molar-refractivity contribution in [3.8, 4) is 17.3 Å². The number of aromatic amines is 1. The van der Waals surface area contributed by atoms with Gasteiger partial charge in [0.25, 0.3) is 0 Å². The molecule has 0 spiro atoms. The van der Waals surface area contributed by atoms with Crippen LogP contribution in [-0.4, -0.2) is 21.6 Å². The highest BCUT2D eigenvalue weighted by Crippen LogP contribution is 2.21. The summed E-state index contributed by atoms with van der Waals surface area (Å²) < 4.78 is 18.2. The third kappa shape index (κ3) is 2.27. The summed E-state index contributed by atoms with van der Waals surface area (Å²) in [5, 5.41) is 0. The highest BCUT2D eigenvalue weighted by molar-refractivity contribution is 5.76. The number of benzene rings is 1. The van der Waals surface area contributed by atoms with Gasteiger partial charge in [0.2, 0.25) is 5.88 Å². The van der Waals surface area contributed by atoms with Crippen LogP contribution in [0.5, 0.6) is 5.88 Å². The van der Waals surface area contributed by atoms with Crippen LogP contribution >= 0.6 is 0 Å². The lowest BCUT2D eigenvalue weighted by atomic mass is 10.2. The van der Waals surface area contributed by atoms with Gasteiger partial charge in [0, 0.05) is 11.6 Å². The summed E-state index contributed by atoms with van der Waals surface area (Å²) in [7, 11) is 0. The Bertz CT molecular complexity index is 706. The van der Waals surface area contributed by atoms with E-state index < -0.39 is 0 Å². The van der Waals surface area contributed by atoms with Gasteiger partial charge in [-0.05, 0) is 37.3 Å². The van der Waals surface area contributed by atoms with Gasteiger partial charge in [-0.15, -0.1) is 0 Å². The fourth-order valence-electron chi connectivity index (χ4n) is 1.85. The first-order valence-electron chi connectivity index (χ1n) is 6.02. The van der Waals surface area contributed by atoms with Crippen LogP contribution in [0.15, 0.2) is 36.4 Å². The number of H-pyrrole nitrogens is 1. The molecule has 2 heterocycles. The normalized spacial score (nSPS) is 10.8. The smallest absolute Gasteiger partial charge is 0.215 e. The number of aromatic nitrogens is 3. The lowest BCUT2D eigenvalue weighted by Crippen LogP contribution is -1.93. The van der Waals surface area contributed by atoms with E-state index in [1.807, 2.05) is 13.0 Å². The molecule has 0 unspecified atom stereocenters. The van der Waals surface area contributed by atoms with E-state index in [0.29, 0.717) is 24.0 Å². The molecule has 0 aliphatic rings. The van der Waals surface area contributed by atoms with E-state index in [1.165, 1.54) is 12.1 Å². The summed E-state index contributed by atoms with van der Waals surface area (Å²) in [6.45, 7) is 2.47. The van der Waals surface area contributed by atoms with Gasteiger partial charge in [-0.2, -0.15) is 4.98 Å². The van der Waals surface area contributed by atoms with Crippen molar-refractivity contribution in [3.05, 3.63) is 42.2 Å². The van der Waals surface area contributed by atoms with Gasteiger partial charge in [-0.25, -0.2) is 9.37 Å². The fourth-order valence-corrected chi connectivity index (χ4v) is 1.85. The number of imidazole rings is 1. The van der Waals surface area contributed by atoms with Crippen LogP contribution < -0.4 is 4.74 Å². The number of fused-ring (bicyclic) bond motifs is 1. The van der Waals surface area contributed by atoms with Crippen LogP contribution in [0.1, 0.15) is 6.92 Å². The molecule has 96 valence electrons. The van der Waals surface area contributed by atoms with Crippen molar-refractivity contribution in [1.82, 2.24) is 15.0 Å². The van der Waals surface area contributed by atoms with Crippen LogP contribution in [0, 0.1) is 5.82 Å². The Labute approximate surface area is 109 Å². The predicted octanol–water partition coefficient (Wildman–Crippen LogP) is 3.16. The molecule has 19 heavy (non-hydrogen) atoms. The number of nitrogens with one attached hydrogen (secondary N) is 1. The van der Waals surface area contributed by atoms with Crippen LogP contribution in [0.25, 0.3) is 22.6 Å². The van der Waals surface area contributed by atoms with Gasteiger partial charge >= 0.3 is 0 Å². The third-order valence-corrected chi connectivity index (χ3v) is 2.73. The number of hydrogen-bond donors (Lipinski definition) is 1. The second-order valence-corrected chi connectivity index (χ2v) is 4.05. The molecule has 0 radical (unpaired) electrons. The summed E-state index contributed by atoms with van der Waals surface area (Å²) in [6.07, 6.45) is 0. The quantitative estimate of drug-likeness (QED) is 0.784. The van der Waals surface area contributed by atoms with Gasteiger partial charge in [0.1, 0.15) is 11.6 Å². The molecule has 3 aromatic rings. The lowest BCUT2D eigenvalue weighted by molar-refractivity contribution is 0.328. The number of ether oxygens (including phenoxy) is 1. The van der Waals surface area contributed by atoms with Crippen LogP contribution in [-0.2, 0) is 0 Å². The average Bonchev–Trinajstić information content (AvgIpc) is 2.83. The zero-order chi connectivity index (χ0) is 13.2. The lowest BCUT2D eigenvalue weighted by Gasteiger charge is -1.99. The highest BCUT2D eigenvalue weighted by atomic mass is 19.1. The molecule has 5 heteroatoms. The first-order valence-corrected chi connectivity index (χ1v) is 6.02. The molecule has 0 aliphatic heterocycles. The molecule has 1 aromatic carbocycles. The largest absolute Gasteiger partial charge is 0.478 e. The predicted molar refractivity (Wildman–Crippen MR) is 70.5 cm³/mol. The van der Waals surface area contributed by atoms with Crippen LogP contribution in [0.3, 0.4) is 0 Å². The molecule has 0 bridgehead atoms. The van der Waals surface area contributed by atoms with E-state index in [2.05, 4.69) is 15.0 Å². The number of nitrogens with zero attached hydrogens (tertiary/aromatic N) is 2. The second kappa shape index (κ2) is 4.68. The molecule has 1 N–H and O–H groups in total. The Balaban J connectivity index is 2.03. The first kappa shape index (κ1) is 11.6. The molecular weight excluding hydrogens is 245 g/mol. The highest BCUT2D eigenvalue weighted by Gasteiger charge is 2.07. The Morgan fingerprint density at radius 2 is 1.89 bits per heavy atom. The fraction of sp³-hybridized carbons (Fsp3) is 0.143. The monoisotopic (exact) mass is 257 g/mol. The van der Waals surface area contributed by atoms with Gasteiger partial charge in [0.05, 0.1) is 12.1 Å². The maximum absolute atomic E-state index is 12.9. The average molecular weight is 257 g/mol. The maximum Gasteiger partial charge on any atom is 0.215 e. The molecular formula is C14H12FN3O. The van der Waals surface area contributed by atoms with Crippen molar-refractivity contribution in [3.63, 3.8) is 0 Å². The van der Waals surface area contributed by atoms with Crippen molar-refractivity contribution < 1.29 is 9.13 Å². The molecule has 0 saturated carbocycles. The Morgan fingerprint density at radius 1 is 1.11 bits per heavy atom. The van der Waals surface area contributed by atoms with Crippen LogP contribution in [0.2, 0.25) is 0 Å². The summed E-state index contributed by atoms with van der Waals surface area (Å²) in [4.78, 5) is 11.8. The van der Waals surface area contributed by atoms with Gasteiger partial charge in [0.15, 0.2) is 5.65 Å². The minimum absolute atomic E-state index is 0.267. The first-order chi connectivity index (χ1) is 9.26. The zero-order valence-corrected chi connectivity index (χ0v) is 10.4. The summed E-state index contributed by atoms with van der Waals surface area (Å²) in [5.41, 5.74) is 2.23. The maximum atomic E-state index is 12.9. The number of pyridine rings is 1. The number of halogens is 1. The molecule has 0 aliphatic carbocycles. The molecule has 0 amide bonds. The van der Waals surface area contributed by atoms with E-state index >= 15 is 0 Å². The molecule has 0 atom stereocenters. The molecule has 4 nitrogen and oxygen atoms in total. The zero-order valence-electron chi connectivity index (χ0n) is 10.4. The van der Waals surface area contributed by atoms with Crippen LogP contribution in [0.4, 0.5) is 4.39 Å². The van der Waals surface area contributed by atoms with E-state index in [-0.39, 0.29) is 5.82 Å². The minimum Gasteiger partial charge on any atom is -0.478 e. The summed E-state index contributed by atoms with van der Waals surface area (Å²) in [5.74, 6) is 0.944. The second-order valence-electron chi connectivity index (χ2n) is 4.05. The van der Waals surface area contributed by atoms with E-state index in [1.54, 1.807) is 18.2 Å². The molecule has 0 saturated heterocycles. The van der Waals surface area contributed by atoms with Crippen molar-refractivity contribution in [2.45, 2.75) is 6.92 Å². The Kier molecular flexibility index (Phi) is 2.87. The molecule has 0 fully saturated rings. The summed E-state index contributed by atoms with van der Waals surface area (Å²) >= 11 is 0. The molecule has 2 aromatic heterocycles. The Hall–Kier alpha value is -2.43. The van der Waals surface area contributed by atoms with Gasteiger partial charge in [-0.3, -0.25) is 0 Å². The van der Waals surface area contributed by atoms with E-state index in [9.17, 15) is 4.39 Å².